The van der Waals surface area contributed by atoms with Crippen LogP contribution in [0, 0.1) is 5.41 Å². The van der Waals surface area contributed by atoms with Crippen molar-refractivity contribution in [3.8, 4) is 11.6 Å². The number of carbonyl (C=O) groups is 1. The van der Waals surface area contributed by atoms with Crippen molar-refractivity contribution in [1.29, 1.82) is 0 Å². The summed E-state index contributed by atoms with van der Waals surface area (Å²) in [4.78, 5) is 16.4. The maximum absolute atomic E-state index is 12.1. The molecule has 26 heavy (non-hydrogen) atoms. The predicted octanol–water partition coefficient (Wildman–Crippen LogP) is 4.45. The largest absolute Gasteiger partial charge is 0.490 e. The Hall–Kier alpha value is -2.08. The fourth-order valence-corrected chi connectivity index (χ4v) is 2.65. The van der Waals surface area contributed by atoms with Crippen LogP contribution in [0.3, 0.4) is 0 Å². The van der Waals surface area contributed by atoms with Crippen LogP contribution in [0.2, 0.25) is 5.15 Å². The van der Waals surface area contributed by atoms with Crippen LogP contribution in [0.1, 0.15) is 57.3 Å². The van der Waals surface area contributed by atoms with E-state index in [1.54, 1.807) is 50.0 Å². The first-order valence-electron chi connectivity index (χ1n) is 8.73. The van der Waals surface area contributed by atoms with Gasteiger partial charge in [0.05, 0.1) is 24.6 Å². The molecule has 1 fully saturated rings. The summed E-state index contributed by atoms with van der Waals surface area (Å²) in [5.74, 6) is 0.689. The lowest BCUT2D eigenvalue weighted by Gasteiger charge is -2.19. The monoisotopic (exact) mass is 377 g/mol. The number of halogens is 1. The zero-order chi connectivity index (χ0) is 18.9. The number of ether oxygens (including phenoxy) is 2. The summed E-state index contributed by atoms with van der Waals surface area (Å²) >= 11 is 6.17. The quantitative estimate of drug-likeness (QED) is 0.549. The van der Waals surface area contributed by atoms with E-state index >= 15 is 0 Å². The normalized spacial score (nSPS) is 15.6. The van der Waals surface area contributed by atoms with Gasteiger partial charge in [0.2, 0.25) is 0 Å². The zero-order valence-corrected chi connectivity index (χ0v) is 16.3. The molecule has 0 aromatic carbocycles. The highest BCUT2D eigenvalue weighted by Crippen LogP contribution is 2.47. The molecule has 3 rings (SSSR count). The molecule has 6 nitrogen and oxygen atoms in total. The Morgan fingerprint density at radius 2 is 2.08 bits per heavy atom. The van der Waals surface area contributed by atoms with Crippen LogP contribution < -0.4 is 4.74 Å². The Morgan fingerprint density at radius 1 is 1.35 bits per heavy atom. The topological polar surface area (TPSA) is 66.2 Å². The van der Waals surface area contributed by atoms with Crippen molar-refractivity contribution in [3.05, 3.63) is 35.2 Å². The second-order valence-corrected chi connectivity index (χ2v) is 8.40. The second-order valence-electron chi connectivity index (χ2n) is 8.04. The van der Waals surface area contributed by atoms with E-state index in [-0.39, 0.29) is 10.7 Å². The van der Waals surface area contributed by atoms with E-state index in [1.165, 1.54) is 12.8 Å². The van der Waals surface area contributed by atoms with Crippen LogP contribution in [0.5, 0.6) is 5.75 Å². The number of rotatable bonds is 6. The average molecular weight is 378 g/mol. The van der Waals surface area contributed by atoms with Crippen molar-refractivity contribution < 1.29 is 14.3 Å². The number of carbonyl (C=O) groups excluding carboxylic acids is 1. The molecule has 2 heterocycles. The molecule has 0 atom stereocenters. The average Bonchev–Trinajstić information content (AvgIpc) is 3.07. The number of nitrogens with zero attached hydrogens (tertiary/aromatic N) is 3. The Morgan fingerprint density at radius 3 is 2.69 bits per heavy atom. The maximum atomic E-state index is 12.1. The molecule has 0 amide bonds. The van der Waals surface area contributed by atoms with Crippen LogP contribution in [0.4, 0.5) is 0 Å². The van der Waals surface area contributed by atoms with E-state index in [9.17, 15) is 4.79 Å². The highest BCUT2D eigenvalue weighted by molar-refractivity contribution is 6.32. The van der Waals surface area contributed by atoms with Gasteiger partial charge in [-0.15, -0.1) is 0 Å². The van der Waals surface area contributed by atoms with Crippen molar-refractivity contribution in [1.82, 2.24) is 14.8 Å². The molecule has 1 aliphatic rings. The van der Waals surface area contributed by atoms with Gasteiger partial charge in [-0.25, -0.2) is 14.5 Å². The molecule has 0 aliphatic heterocycles. The SMILES string of the molecule is CC1(CCOc2cnn(-c3ccc(C(=O)OC(C)(C)C)c(Cl)n3)c2)CC1. The van der Waals surface area contributed by atoms with Crippen LogP contribution in [-0.2, 0) is 4.74 Å². The summed E-state index contributed by atoms with van der Waals surface area (Å²) in [6.45, 7) is 8.35. The molecule has 1 saturated carbocycles. The van der Waals surface area contributed by atoms with Gasteiger partial charge in [0.15, 0.2) is 11.6 Å². The summed E-state index contributed by atoms with van der Waals surface area (Å²) in [5.41, 5.74) is 0.0968. The summed E-state index contributed by atoms with van der Waals surface area (Å²) in [6, 6.07) is 3.27. The fraction of sp³-hybridized carbons (Fsp3) is 0.526. The van der Waals surface area contributed by atoms with Crippen LogP contribution >= 0.6 is 11.6 Å². The van der Waals surface area contributed by atoms with Gasteiger partial charge in [0.25, 0.3) is 0 Å². The van der Waals surface area contributed by atoms with Gasteiger partial charge in [0, 0.05) is 0 Å². The smallest absolute Gasteiger partial charge is 0.341 e. The molecule has 2 aromatic rings. The number of aromatic nitrogens is 3. The molecule has 0 radical (unpaired) electrons. The summed E-state index contributed by atoms with van der Waals surface area (Å²) in [6.07, 6.45) is 7.00. The third-order valence-electron chi connectivity index (χ3n) is 4.32. The van der Waals surface area contributed by atoms with E-state index in [1.807, 2.05) is 0 Å². The molecule has 0 spiro atoms. The molecule has 0 saturated heterocycles. The molecule has 0 N–H and O–H groups in total. The number of esters is 1. The van der Waals surface area contributed by atoms with E-state index in [0.717, 1.165) is 6.42 Å². The summed E-state index contributed by atoms with van der Waals surface area (Å²) < 4.78 is 12.6. The van der Waals surface area contributed by atoms with Crippen molar-refractivity contribution >= 4 is 17.6 Å². The van der Waals surface area contributed by atoms with E-state index in [2.05, 4.69) is 17.0 Å². The van der Waals surface area contributed by atoms with E-state index < -0.39 is 11.6 Å². The molecular formula is C19H24ClN3O3. The fourth-order valence-electron chi connectivity index (χ4n) is 2.42. The van der Waals surface area contributed by atoms with E-state index in [0.29, 0.717) is 23.6 Å². The molecule has 7 heteroatoms. The minimum absolute atomic E-state index is 0.0800. The molecule has 2 aromatic heterocycles. The van der Waals surface area contributed by atoms with Gasteiger partial charge >= 0.3 is 5.97 Å². The van der Waals surface area contributed by atoms with Gasteiger partial charge in [0.1, 0.15) is 10.8 Å². The van der Waals surface area contributed by atoms with Gasteiger partial charge in [-0.3, -0.25) is 0 Å². The lowest BCUT2D eigenvalue weighted by molar-refractivity contribution is 0.00693. The summed E-state index contributed by atoms with van der Waals surface area (Å²) in [7, 11) is 0. The van der Waals surface area contributed by atoms with Crippen LogP contribution in [0.15, 0.2) is 24.5 Å². The highest BCUT2D eigenvalue weighted by atomic mass is 35.5. The molecular weight excluding hydrogens is 354 g/mol. The first-order chi connectivity index (χ1) is 12.2. The lowest BCUT2D eigenvalue weighted by atomic mass is 10.1. The number of hydrogen-bond donors (Lipinski definition) is 0. The summed E-state index contributed by atoms with van der Waals surface area (Å²) in [5, 5.41) is 4.33. The van der Waals surface area contributed by atoms with Crippen LogP contribution in [-0.4, -0.2) is 32.9 Å². The minimum Gasteiger partial charge on any atom is -0.490 e. The van der Waals surface area contributed by atoms with Crippen molar-refractivity contribution in [3.63, 3.8) is 0 Å². The molecule has 1 aliphatic carbocycles. The lowest BCUT2D eigenvalue weighted by Crippen LogP contribution is -2.24. The number of pyridine rings is 1. The molecule has 0 unspecified atom stereocenters. The molecule has 0 bridgehead atoms. The first kappa shape index (κ1) is 18.7. The Bertz CT molecular complexity index is 807. The maximum Gasteiger partial charge on any atom is 0.341 e. The van der Waals surface area contributed by atoms with Gasteiger partial charge < -0.3 is 9.47 Å². The Labute approximate surface area is 158 Å². The zero-order valence-electron chi connectivity index (χ0n) is 15.6. The van der Waals surface area contributed by atoms with Crippen molar-refractivity contribution in [2.45, 2.75) is 52.6 Å². The van der Waals surface area contributed by atoms with Gasteiger partial charge in [-0.1, -0.05) is 18.5 Å². The van der Waals surface area contributed by atoms with E-state index in [4.69, 9.17) is 21.1 Å². The van der Waals surface area contributed by atoms with Crippen molar-refractivity contribution in [2.24, 2.45) is 5.41 Å². The third-order valence-corrected chi connectivity index (χ3v) is 4.61. The first-order valence-corrected chi connectivity index (χ1v) is 9.11. The minimum atomic E-state index is -0.592. The highest BCUT2D eigenvalue weighted by Gasteiger charge is 2.36. The Kier molecular flexibility index (Phi) is 4.97. The molecule has 140 valence electrons. The standard InChI is InChI=1S/C19H24ClN3O3/c1-18(2,3)26-17(24)14-5-6-15(22-16(14)20)23-12-13(11-21-23)25-10-9-19(4)7-8-19/h5-6,11-12H,7-10H2,1-4H3. The third kappa shape index (κ3) is 4.75. The predicted molar refractivity (Wildman–Crippen MR) is 99.0 cm³/mol. The van der Waals surface area contributed by atoms with Crippen molar-refractivity contribution in [2.75, 3.05) is 6.61 Å². The van der Waals surface area contributed by atoms with Gasteiger partial charge in [-0.2, -0.15) is 5.10 Å². The van der Waals surface area contributed by atoms with Crippen LogP contribution in [0.25, 0.3) is 5.82 Å². The second kappa shape index (κ2) is 6.91. The number of hydrogen-bond acceptors (Lipinski definition) is 5. The van der Waals surface area contributed by atoms with Gasteiger partial charge in [-0.05, 0) is 57.6 Å². The Balaban J connectivity index is 1.66.